The molecule has 2 aromatic carbocycles. The van der Waals surface area contributed by atoms with Crippen LogP contribution in [-0.2, 0) is 0 Å². The van der Waals surface area contributed by atoms with E-state index in [0.717, 1.165) is 11.1 Å². The number of nitrogen functional groups attached to an aromatic ring is 1. The molecule has 0 saturated carbocycles. The molecule has 0 bridgehead atoms. The number of rotatable bonds is 2. The number of aryl methyl sites for hydroxylation is 2. The second kappa shape index (κ2) is 5.33. The molecule has 3 nitrogen and oxygen atoms in total. The van der Waals surface area contributed by atoms with Gasteiger partial charge in [0.05, 0.1) is 10.7 Å². The van der Waals surface area contributed by atoms with Gasteiger partial charge in [-0.1, -0.05) is 17.7 Å². The van der Waals surface area contributed by atoms with Crippen molar-refractivity contribution in [2.75, 3.05) is 11.1 Å². The van der Waals surface area contributed by atoms with Gasteiger partial charge in [-0.05, 0) is 55.3 Å². The van der Waals surface area contributed by atoms with E-state index < -0.39 is 0 Å². The second-order valence-electron chi connectivity index (χ2n) is 4.57. The largest absolute Gasteiger partial charge is 0.399 e. The minimum atomic E-state index is -0.221. The summed E-state index contributed by atoms with van der Waals surface area (Å²) in [7, 11) is 0. The highest BCUT2D eigenvalue weighted by Gasteiger charge is 2.09. The molecular weight excluding hydrogens is 260 g/mol. The summed E-state index contributed by atoms with van der Waals surface area (Å²) in [6.45, 7) is 3.84. The van der Waals surface area contributed by atoms with Gasteiger partial charge in [0.15, 0.2) is 0 Å². The number of amides is 1. The van der Waals surface area contributed by atoms with E-state index >= 15 is 0 Å². The zero-order valence-corrected chi connectivity index (χ0v) is 11.6. The average Bonchev–Trinajstić information content (AvgIpc) is 2.31. The van der Waals surface area contributed by atoms with Crippen LogP contribution in [-0.4, -0.2) is 5.91 Å². The van der Waals surface area contributed by atoms with Gasteiger partial charge in [0.1, 0.15) is 0 Å². The number of hydrogen-bond acceptors (Lipinski definition) is 2. The summed E-state index contributed by atoms with van der Waals surface area (Å²) in [6.07, 6.45) is 0. The van der Waals surface area contributed by atoms with Gasteiger partial charge in [-0.2, -0.15) is 0 Å². The zero-order valence-electron chi connectivity index (χ0n) is 10.8. The Morgan fingerprint density at radius 2 is 1.84 bits per heavy atom. The third-order valence-corrected chi connectivity index (χ3v) is 3.05. The van der Waals surface area contributed by atoms with Gasteiger partial charge in [0, 0.05) is 11.3 Å². The molecule has 0 aliphatic rings. The summed E-state index contributed by atoms with van der Waals surface area (Å²) in [5.41, 5.74) is 9.41. The van der Waals surface area contributed by atoms with Gasteiger partial charge < -0.3 is 11.1 Å². The maximum atomic E-state index is 12.1. The van der Waals surface area contributed by atoms with E-state index in [-0.39, 0.29) is 5.91 Å². The molecule has 0 aliphatic heterocycles. The van der Waals surface area contributed by atoms with Crippen LogP contribution in [0.4, 0.5) is 11.4 Å². The van der Waals surface area contributed by atoms with Crippen LogP contribution < -0.4 is 11.1 Å². The van der Waals surface area contributed by atoms with Gasteiger partial charge in [-0.15, -0.1) is 0 Å². The van der Waals surface area contributed by atoms with Crippen LogP contribution in [0.1, 0.15) is 21.5 Å². The Morgan fingerprint density at radius 1 is 1.11 bits per heavy atom. The van der Waals surface area contributed by atoms with E-state index in [1.165, 1.54) is 0 Å². The first-order valence-corrected chi connectivity index (χ1v) is 6.28. The fraction of sp³-hybridized carbons (Fsp3) is 0.133. The Bertz CT molecular complexity index is 618. The van der Waals surface area contributed by atoms with Gasteiger partial charge in [-0.25, -0.2) is 0 Å². The molecule has 4 heteroatoms. The van der Waals surface area contributed by atoms with Crippen LogP contribution in [0.3, 0.4) is 0 Å². The number of nitrogens with one attached hydrogen (secondary N) is 1. The van der Waals surface area contributed by atoms with Gasteiger partial charge in [0.2, 0.25) is 0 Å². The molecule has 0 atom stereocenters. The number of benzene rings is 2. The molecule has 0 saturated heterocycles. The fourth-order valence-electron chi connectivity index (χ4n) is 1.86. The van der Waals surface area contributed by atoms with Crippen molar-refractivity contribution in [1.29, 1.82) is 0 Å². The first-order valence-electron chi connectivity index (χ1n) is 5.90. The van der Waals surface area contributed by atoms with Crippen LogP contribution in [0.2, 0.25) is 5.02 Å². The highest BCUT2D eigenvalue weighted by molar-refractivity contribution is 6.34. The summed E-state index contributed by atoms with van der Waals surface area (Å²) in [5, 5.41) is 3.30. The van der Waals surface area contributed by atoms with E-state index in [9.17, 15) is 4.79 Å². The quantitative estimate of drug-likeness (QED) is 0.819. The molecule has 0 radical (unpaired) electrons. The minimum absolute atomic E-state index is 0.221. The van der Waals surface area contributed by atoms with E-state index in [1.807, 2.05) is 32.0 Å². The molecule has 2 aromatic rings. The summed E-state index contributed by atoms with van der Waals surface area (Å²) in [4.78, 5) is 12.1. The van der Waals surface area contributed by atoms with Crippen molar-refractivity contribution >= 4 is 28.9 Å². The summed E-state index contributed by atoms with van der Waals surface area (Å²) < 4.78 is 0. The smallest absolute Gasteiger partial charge is 0.255 e. The number of halogens is 1. The monoisotopic (exact) mass is 274 g/mol. The van der Waals surface area contributed by atoms with Crippen molar-refractivity contribution in [1.82, 2.24) is 0 Å². The highest BCUT2D eigenvalue weighted by atomic mass is 35.5. The molecule has 0 aliphatic carbocycles. The van der Waals surface area contributed by atoms with Gasteiger partial charge in [-0.3, -0.25) is 4.79 Å². The van der Waals surface area contributed by atoms with Crippen molar-refractivity contribution in [3.05, 3.63) is 58.1 Å². The van der Waals surface area contributed by atoms with E-state index in [1.54, 1.807) is 18.2 Å². The Balaban J connectivity index is 2.25. The molecule has 2 rings (SSSR count). The number of anilines is 2. The Kier molecular flexibility index (Phi) is 3.76. The van der Waals surface area contributed by atoms with Crippen molar-refractivity contribution < 1.29 is 4.79 Å². The van der Waals surface area contributed by atoms with Gasteiger partial charge >= 0.3 is 0 Å². The second-order valence-corrected chi connectivity index (χ2v) is 4.98. The van der Waals surface area contributed by atoms with Crippen LogP contribution in [0, 0.1) is 13.8 Å². The number of carbonyl (C=O) groups excluding carboxylic acids is 1. The van der Waals surface area contributed by atoms with Crippen molar-refractivity contribution in [2.24, 2.45) is 0 Å². The molecule has 0 spiro atoms. The van der Waals surface area contributed by atoms with Crippen LogP contribution in [0.25, 0.3) is 0 Å². The lowest BCUT2D eigenvalue weighted by Crippen LogP contribution is -2.12. The van der Waals surface area contributed by atoms with Crippen molar-refractivity contribution in [3.63, 3.8) is 0 Å². The molecule has 0 heterocycles. The molecule has 0 unspecified atom stereocenters. The molecule has 19 heavy (non-hydrogen) atoms. The van der Waals surface area contributed by atoms with E-state index in [2.05, 4.69) is 5.32 Å². The first kappa shape index (κ1) is 13.4. The first-order chi connectivity index (χ1) is 8.95. The van der Waals surface area contributed by atoms with Crippen molar-refractivity contribution in [2.45, 2.75) is 13.8 Å². The third-order valence-electron chi connectivity index (χ3n) is 2.73. The molecule has 0 aromatic heterocycles. The maximum absolute atomic E-state index is 12.1. The lowest BCUT2D eigenvalue weighted by molar-refractivity contribution is 0.102. The zero-order chi connectivity index (χ0) is 14.0. The predicted octanol–water partition coefficient (Wildman–Crippen LogP) is 3.79. The van der Waals surface area contributed by atoms with Crippen LogP contribution >= 0.6 is 11.6 Å². The van der Waals surface area contributed by atoms with E-state index in [4.69, 9.17) is 17.3 Å². The Labute approximate surface area is 117 Å². The topological polar surface area (TPSA) is 55.1 Å². The number of nitrogens with two attached hydrogens (primary N) is 1. The van der Waals surface area contributed by atoms with Crippen LogP contribution in [0.15, 0.2) is 36.4 Å². The number of carbonyl (C=O) groups is 1. The van der Waals surface area contributed by atoms with Gasteiger partial charge in [0.25, 0.3) is 5.91 Å². The molecular formula is C15H15ClN2O. The Hall–Kier alpha value is -2.00. The average molecular weight is 275 g/mol. The SMILES string of the molecule is Cc1cc(N)cc(C(=O)Nc2ccc(C)cc2Cl)c1. The van der Waals surface area contributed by atoms with Crippen LogP contribution in [0.5, 0.6) is 0 Å². The van der Waals surface area contributed by atoms with Crippen molar-refractivity contribution in [3.8, 4) is 0 Å². The lowest BCUT2D eigenvalue weighted by Gasteiger charge is -2.09. The standard InChI is InChI=1S/C15H15ClN2O/c1-9-3-4-14(13(16)7-9)18-15(19)11-5-10(2)6-12(17)8-11/h3-8H,17H2,1-2H3,(H,18,19). The fourth-order valence-corrected chi connectivity index (χ4v) is 2.14. The molecule has 0 fully saturated rings. The third kappa shape index (κ3) is 3.26. The molecule has 3 N–H and O–H groups in total. The highest BCUT2D eigenvalue weighted by Crippen LogP contribution is 2.23. The molecule has 1 amide bonds. The predicted molar refractivity (Wildman–Crippen MR) is 79.7 cm³/mol. The normalized spacial score (nSPS) is 10.3. The Morgan fingerprint density at radius 3 is 2.47 bits per heavy atom. The molecule has 98 valence electrons. The number of hydrogen-bond donors (Lipinski definition) is 2. The summed E-state index contributed by atoms with van der Waals surface area (Å²) in [5.74, 6) is -0.221. The summed E-state index contributed by atoms with van der Waals surface area (Å²) >= 11 is 6.08. The minimum Gasteiger partial charge on any atom is -0.399 e. The lowest BCUT2D eigenvalue weighted by atomic mass is 10.1. The maximum Gasteiger partial charge on any atom is 0.255 e. The van der Waals surface area contributed by atoms with E-state index in [0.29, 0.717) is 22.0 Å². The summed E-state index contributed by atoms with van der Waals surface area (Å²) in [6, 6.07) is 10.7.